The minimum atomic E-state index is -0.141. The van der Waals surface area contributed by atoms with Gasteiger partial charge in [0.25, 0.3) is 0 Å². The lowest BCUT2D eigenvalue weighted by atomic mass is 10.00. The van der Waals surface area contributed by atoms with Crippen molar-refractivity contribution in [1.29, 1.82) is 0 Å². The molecular formula is C15H22ClN3O. The van der Waals surface area contributed by atoms with Crippen LogP contribution in [0.3, 0.4) is 0 Å². The van der Waals surface area contributed by atoms with Gasteiger partial charge in [0.15, 0.2) is 0 Å². The van der Waals surface area contributed by atoms with Crippen LogP contribution >= 0.6 is 11.6 Å². The lowest BCUT2D eigenvalue weighted by Crippen LogP contribution is -2.26. The highest BCUT2D eigenvalue weighted by atomic mass is 35.5. The Morgan fingerprint density at radius 1 is 1.30 bits per heavy atom. The Kier molecular flexibility index (Phi) is 3.87. The molecule has 3 unspecified atom stereocenters. The summed E-state index contributed by atoms with van der Waals surface area (Å²) in [5.41, 5.74) is 0.959. The lowest BCUT2D eigenvalue weighted by molar-refractivity contribution is 0.133. The third kappa shape index (κ3) is 2.40. The SMILES string of the molecule is CCCc1nc(Cl)c(C)c(N2CC3CCC(O)C3C2)n1. The maximum absolute atomic E-state index is 10.0. The molecule has 3 rings (SSSR count). The van der Waals surface area contributed by atoms with Gasteiger partial charge in [0, 0.05) is 31.0 Å². The second-order valence-electron chi connectivity index (χ2n) is 6.10. The van der Waals surface area contributed by atoms with Crippen molar-refractivity contribution in [2.45, 2.75) is 45.6 Å². The zero-order chi connectivity index (χ0) is 14.3. The average Bonchev–Trinajstić information content (AvgIpc) is 2.97. The zero-order valence-corrected chi connectivity index (χ0v) is 12.9. The van der Waals surface area contributed by atoms with Gasteiger partial charge in [-0.3, -0.25) is 0 Å². The first-order valence-electron chi connectivity index (χ1n) is 7.56. The van der Waals surface area contributed by atoms with Gasteiger partial charge < -0.3 is 10.0 Å². The molecule has 1 aliphatic heterocycles. The second-order valence-corrected chi connectivity index (χ2v) is 6.46. The molecule has 110 valence electrons. The van der Waals surface area contributed by atoms with E-state index in [0.29, 0.717) is 17.0 Å². The van der Waals surface area contributed by atoms with Crippen LogP contribution in [0, 0.1) is 18.8 Å². The first kappa shape index (κ1) is 14.1. The normalized spacial score (nSPS) is 29.0. The Labute approximate surface area is 125 Å². The molecule has 5 heteroatoms. The number of aryl methyl sites for hydroxylation is 1. The Bertz CT molecular complexity index is 508. The number of aliphatic hydroxyl groups is 1. The highest BCUT2D eigenvalue weighted by Gasteiger charge is 2.42. The van der Waals surface area contributed by atoms with Gasteiger partial charge in [-0.15, -0.1) is 0 Å². The summed E-state index contributed by atoms with van der Waals surface area (Å²) < 4.78 is 0. The van der Waals surface area contributed by atoms with Gasteiger partial charge in [-0.2, -0.15) is 0 Å². The van der Waals surface area contributed by atoms with Crippen molar-refractivity contribution in [2.75, 3.05) is 18.0 Å². The molecule has 1 aromatic heterocycles. The molecule has 0 aromatic carbocycles. The van der Waals surface area contributed by atoms with Gasteiger partial charge in [-0.25, -0.2) is 9.97 Å². The molecule has 2 fully saturated rings. The van der Waals surface area contributed by atoms with Crippen molar-refractivity contribution in [2.24, 2.45) is 11.8 Å². The summed E-state index contributed by atoms with van der Waals surface area (Å²) in [5.74, 6) is 2.80. The lowest BCUT2D eigenvalue weighted by Gasteiger charge is -2.22. The number of anilines is 1. The number of rotatable bonds is 3. The highest BCUT2D eigenvalue weighted by Crippen LogP contribution is 2.40. The number of nitrogens with zero attached hydrogens (tertiary/aromatic N) is 3. The molecule has 1 saturated carbocycles. The average molecular weight is 296 g/mol. The Morgan fingerprint density at radius 2 is 2.10 bits per heavy atom. The Hall–Kier alpha value is -0.870. The summed E-state index contributed by atoms with van der Waals surface area (Å²) in [7, 11) is 0. The third-order valence-corrected chi connectivity index (χ3v) is 5.07. The van der Waals surface area contributed by atoms with E-state index in [1.807, 2.05) is 6.92 Å². The third-order valence-electron chi connectivity index (χ3n) is 4.70. The maximum atomic E-state index is 10.0. The van der Waals surface area contributed by atoms with Crippen molar-refractivity contribution < 1.29 is 5.11 Å². The van der Waals surface area contributed by atoms with Crippen LogP contribution in [-0.4, -0.2) is 34.3 Å². The van der Waals surface area contributed by atoms with E-state index in [9.17, 15) is 5.11 Å². The van der Waals surface area contributed by atoms with Gasteiger partial charge in [-0.1, -0.05) is 18.5 Å². The monoisotopic (exact) mass is 295 g/mol. The molecule has 4 nitrogen and oxygen atoms in total. The smallest absolute Gasteiger partial charge is 0.137 e. The quantitative estimate of drug-likeness (QED) is 0.871. The van der Waals surface area contributed by atoms with Crippen LogP contribution in [0.15, 0.2) is 0 Å². The molecule has 0 spiro atoms. The molecule has 1 aromatic rings. The van der Waals surface area contributed by atoms with Crippen molar-refractivity contribution in [3.8, 4) is 0 Å². The summed E-state index contributed by atoms with van der Waals surface area (Å²) in [6.07, 6.45) is 3.81. The summed E-state index contributed by atoms with van der Waals surface area (Å²) in [6.45, 7) is 5.98. The molecule has 0 bridgehead atoms. The second kappa shape index (κ2) is 5.49. The van der Waals surface area contributed by atoms with Crippen molar-refractivity contribution in [3.05, 3.63) is 16.5 Å². The van der Waals surface area contributed by atoms with E-state index in [4.69, 9.17) is 16.6 Å². The molecule has 1 saturated heterocycles. The van der Waals surface area contributed by atoms with Gasteiger partial charge in [0.2, 0.25) is 0 Å². The molecule has 2 heterocycles. The molecule has 1 aliphatic carbocycles. The van der Waals surface area contributed by atoms with E-state index in [1.54, 1.807) is 0 Å². The topological polar surface area (TPSA) is 49.2 Å². The molecular weight excluding hydrogens is 274 g/mol. The van der Waals surface area contributed by atoms with Gasteiger partial charge in [0.05, 0.1) is 6.10 Å². The van der Waals surface area contributed by atoms with Gasteiger partial charge in [-0.05, 0) is 32.1 Å². The van der Waals surface area contributed by atoms with Crippen LogP contribution in [0.5, 0.6) is 0 Å². The number of hydrogen-bond acceptors (Lipinski definition) is 4. The highest BCUT2D eigenvalue weighted by molar-refractivity contribution is 6.30. The fourth-order valence-electron chi connectivity index (χ4n) is 3.57. The molecule has 0 radical (unpaired) electrons. The number of fused-ring (bicyclic) bond motifs is 1. The zero-order valence-electron chi connectivity index (χ0n) is 12.1. The minimum absolute atomic E-state index is 0.141. The van der Waals surface area contributed by atoms with E-state index in [1.165, 1.54) is 0 Å². The van der Waals surface area contributed by atoms with Gasteiger partial charge >= 0.3 is 0 Å². The van der Waals surface area contributed by atoms with E-state index >= 15 is 0 Å². The number of aromatic nitrogens is 2. The van der Waals surface area contributed by atoms with Crippen LogP contribution in [0.4, 0.5) is 5.82 Å². The predicted octanol–water partition coefficient (Wildman–Crippen LogP) is 2.60. The van der Waals surface area contributed by atoms with E-state index in [0.717, 1.165) is 56.0 Å². The minimum Gasteiger partial charge on any atom is -0.393 e. The summed E-state index contributed by atoms with van der Waals surface area (Å²) in [5, 5.41) is 10.6. The van der Waals surface area contributed by atoms with Crippen molar-refractivity contribution in [1.82, 2.24) is 9.97 Å². The molecule has 2 aliphatic rings. The van der Waals surface area contributed by atoms with E-state index in [-0.39, 0.29) is 6.10 Å². The fourth-order valence-corrected chi connectivity index (χ4v) is 3.76. The van der Waals surface area contributed by atoms with Crippen LogP contribution in [0.2, 0.25) is 5.15 Å². The van der Waals surface area contributed by atoms with Crippen LogP contribution in [0.25, 0.3) is 0 Å². The largest absolute Gasteiger partial charge is 0.393 e. The molecule has 20 heavy (non-hydrogen) atoms. The first-order valence-corrected chi connectivity index (χ1v) is 7.94. The van der Waals surface area contributed by atoms with E-state index < -0.39 is 0 Å². The number of halogens is 1. The predicted molar refractivity (Wildman–Crippen MR) is 80.2 cm³/mol. The summed E-state index contributed by atoms with van der Waals surface area (Å²) >= 11 is 6.26. The van der Waals surface area contributed by atoms with Gasteiger partial charge in [0.1, 0.15) is 16.8 Å². The van der Waals surface area contributed by atoms with E-state index in [2.05, 4.69) is 16.8 Å². The molecule has 1 N–H and O–H groups in total. The Morgan fingerprint density at radius 3 is 2.80 bits per heavy atom. The van der Waals surface area contributed by atoms with Crippen molar-refractivity contribution in [3.63, 3.8) is 0 Å². The molecule has 0 amide bonds. The van der Waals surface area contributed by atoms with Crippen LogP contribution in [-0.2, 0) is 6.42 Å². The Balaban J connectivity index is 1.87. The van der Waals surface area contributed by atoms with Crippen molar-refractivity contribution >= 4 is 17.4 Å². The summed E-state index contributed by atoms with van der Waals surface area (Å²) in [6, 6.07) is 0. The maximum Gasteiger partial charge on any atom is 0.137 e. The molecule has 3 atom stereocenters. The fraction of sp³-hybridized carbons (Fsp3) is 0.733. The van der Waals surface area contributed by atoms with Crippen LogP contribution in [0.1, 0.15) is 37.6 Å². The number of hydrogen-bond donors (Lipinski definition) is 1. The van der Waals surface area contributed by atoms with Crippen LogP contribution < -0.4 is 4.90 Å². The number of aliphatic hydroxyl groups excluding tert-OH is 1. The first-order chi connectivity index (χ1) is 9.60. The standard InChI is InChI=1S/C15H22ClN3O/c1-3-4-13-17-14(16)9(2)15(18-13)19-7-10-5-6-12(20)11(10)8-19/h10-12,20H,3-8H2,1-2H3. The summed E-state index contributed by atoms with van der Waals surface area (Å²) in [4.78, 5) is 11.4.